The van der Waals surface area contributed by atoms with Crippen molar-refractivity contribution in [3.63, 3.8) is 0 Å². The summed E-state index contributed by atoms with van der Waals surface area (Å²) in [6, 6.07) is 11.1. The summed E-state index contributed by atoms with van der Waals surface area (Å²) in [6.07, 6.45) is 3.43. The lowest BCUT2D eigenvalue weighted by molar-refractivity contribution is 0.102. The molecule has 0 saturated carbocycles. The van der Waals surface area contributed by atoms with Crippen molar-refractivity contribution in [3.05, 3.63) is 60.0 Å². The Balaban J connectivity index is 1.97. The standard InChI is InChI=1S/C16H15N3O2/c1-11-6-7-14(21-2)12(10-11)18-16(20)13-4-3-5-15-17-8-9-19(13)15/h3-10H,1-2H3,(H,18,20). The Morgan fingerprint density at radius 3 is 2.95 bits per heavy atom. The van der Waals surface area contributed by atoms with Gasteiger partial charge in [-0.2, -0.15) is 0 Å². The maximum atomic E-state index is 12.5. The topological polar surface area (TPSA) is 55.6 Å². The Labute approximate surface area is 122 Å². The van der Waals surface area contributed by atoms with Crippen LogP contribution in [0.25, 0.3) is 5.65 Å². The van der Waals surface area contributed by atoms with Gasteiger partial charge in [0.15, 0.2) is 0 Å². The van der Waals surface area contributed by atoms with Crippen molar-refractivity contribution in [3.8, 4) is 5.75 Å². The number of carbonyl (C=O) groups excluding carboxylic acids is 1. The van der Waals surface area contributed by atoms with E-state index in [9.17, 15) is 4.79 Å². The number of methoxy groups -OCH3 is 1. The summed E-state index contributed by atoms with van der Waals surface area (Å²) in [5.74, 6) is 0.425. The number of aromatic nitrogens is 2. The molecule has 0 unspecified atom stereocenters. The highest BCUT2D eigenvalue weighted by molar-refractivity contribution is 6.04. The molecule has 3 aromatic rings. The van der Waals surface area contributed by atoms with Crippen LogP contribution in [-0.4, -0.2) is 22.4 Å². The van der Waals surface area contributed by atoms with Gasteiger partial charge in [-0.25, -0.2) is 4.98 Å². The summed E-state index contributed by atoms with van der Waals surface area (Å²) in [5.41, 5.74) is 2.96. The number of carbonyl (C=O) groups is 1. The van der Waals surface area contributed by atoms with Crippen LogP contribution in [0.2, 0.25) is 0 Å². The normalized spacial score (nSPS) is 10.6. The first-order valence-electron chi connectivity index (χ1n) is 6.57. The second kappa shape index (κ2) is 5.28. The zero-order valence-electron chi connectivity index (χ0n) is 11.8. The molecule has 1 N–H and O–H groups in total. The van der Waals surface area contributed by atoms with Crippen molar-refractivity contribution >= 4 is 17.2 Å². The Morgan fingerprint density at radius 2 is 2.14 bits per heavy atom. The fraction of sp³-hybridized carbons (Fsp3) is 0.125. The average molecular weight is 281 g/mol. The number of nitrogens with zero attached hydrogens (tertiary/aromatic N) is 2. The van der Waals surface area contributed by atoms with Gasteiger partial charge in [0.05, 0.1) is 12.8 Å². The molecule has 0 atom stereocenters. The highest BCUT2D eigenvalue weighted by Crippen LogP contribution is 2.25. The van der Waals surface area contributed by atoms with Crippen molar-refractivity contribution in [2.45, 2.75) is 6.92 Å². The zero-order valence-corrected chi connectivity index (χ0v) is 11.8. The van der Waals surface area contributed by atoms with Gasteiger partial charge >= 0.3 is 0 Å². The highest BCUT2D eigenvalue weighted by atomic mass is 16.5. The average Bonchev–Trinajstić information content (AvgIpc) is 2.95. The monoisotopic (exact) mass is 281 g/mol. The molecule has 0 fully saturated rings. The van der Waals surface area contributed by atoms with Crippen LogP contribution in [0, 0.1) is 6.92 Å². The van der Waals surface area contributed by atoms with Gasteiger partial charge in [-0.3, -0.25) is 9.20 Å². The number of fused-ring (bicyclic) bond motifs is 1. The van der Waals surface area contributed by atoms with E-state index in [4.69, 9.17) is 4.74 Å². The van der Waals surface area contributed by atoms with E-state index in [0.717, 1.165) is 11.2 Å². The van der Waals surface area contributed by atoms with Gasteiger partial charge in [-0.1, -0.05) is 12.1 Å². The predicted molar refractivity (Wildman–Crippen MR) is 80.9 cm³/mol. The number of anilines is 1. The van der Waals surface area contributed by atoms with Gasteiger partial charge in [-0.15, -0.1) is 0 Å². The van der Waals surface area contributed by atoms with Gasteiger partial charge in [0.1, 0.15) is 17.1 Å². The lowest BCUT2D eigenvalue weighted by Gasteiger charge is -2.11. The first kappa shape index (κ1) is 13.2. The molecule has 1 amide bonds. The minimum absolute atomic E-state index is 0.206. The number of hydrogen-bond donors (Lipinski definition) is 1. The first-order chi connectivity index (χ1) is 10.2. The number of hydrogen-bond acceptors (Lipinski definition) is 3. The van der Waals surface area contributed by atoms with Gasteiger partial charge < -0.3 is 10.1 Å². The summed E-state index contributed by atoms with van der Waals surface area (Å²) in [4.78, 5) is 16.7. The minimum atomic E-state index is -0.206. The summed E-state index contributed by atoms with van der Waals surface area (Å²) in [7, 11) is 1.58. The van der Waals surface area contributed by atoms with Crippen molar-refractivity contribution in [2.75, 3.05) is 12.4 Å². The van der Waals surface area contributed by atoms with Crippen LogP contribution in [0.1, 0.15) is 16.1 Å². The van der Waals surface area contributed by atoms with Gasteiger partial charge in [-0.05, 0) is 36.8 Å². The number of imidazole rings is 1. The number of pyridine rings is 1. The summed E-state index contributed by atoms with van der Waals surface area (Å²) < 4.78 is 7.02. The van der Waals surface area contributed by atoms with Crippen molar-refractivity contribution in [1.29, 1.82) is 0 Å². The summed E-state index contributed by atoms with van der Waals surface area (Å²) in [5, 5.41) is 2.89. The van der Waals surface area contributed by atoms with Crippen LogP contribution in [0.3, 0.4) is 0 Å². The molecule has 3 rings (SSSR count). The molecule has 0 aliphatic heterocycles. The van der Waals surface area contributed by atoms with Crippen LogP contribution in [0.4, 0.5) is 5.69 Å². The van der Waals surface area contributed by atoms with E-state index in [-0.39, 0.29) is 5.91 Å². The third-order valence-corrected chi connectivity index (χ3v) is 3.26. The van der Waals surface area contributed by atoms with E-state index in [0.29, 0.717) is 17.1 Å². The minimum Gasteiger partial charge on any atom is -0.495 e. The molecule has 5 nitrogen and oxygen atoms in total. The molecular formula is C16H15N3O2. The highest BCUT2D eigenvalue weighted by Gasteiger charge is 2.13. The number of amides is 1. The van der Waals surface area contributed by atoms with Crippen molar-refractivity contribution in [2.24, 2.45) is 0 Å². The molecule has 21 heavy (non-hydrogen) atoms. The number of ether oxygens (including phenoxy) is 1. The molecule has 0 aliphatic carbocycles. The quantitative estimate of drug-likeness (QED) is 0.803. The zero-order chi connectivity index (χ0) is 14.8. The lowest BCUT2D eigenvalue weighted by Crippen LogP contribution is -2.16. The molecule has 106 valence electrons. The second-order valence-corrected chi connectivity index (χ2v) is 4.72. The Bertz CT molecular complexity index is 808. The van der Waals surface area contributed by atoms with Gasteiger partial charge in [0, 0.05) is 12.4 Å². The van der Waals surface area contributed by atoms with Gasteiger partial charge in [0.25, 0.3) is 5.91 Å². The van der Waals surface area contributed by atoms with Crippen LogP contribution in [-0.2, 0) is 0 Å². The Hall–Kier alpha value is -2.82. The predicted octanol–water partition coefficient (Wildman–Crippen LogP) is 2.90. The Morgan fingerprint density at radius 1 is 1.29 bits per heavy atom. The fourth-order valence-corrected chi connectivity index (χ4v) is 2.24. The molecule has 0 bridgehead atoms. The molecule has 0 aliphatic rings. The molecule has 1 aromatic carbocycles. The molecular weight excluding hydrogens is 266 g/mol. The van der Waals surface area contributed by atoms with E-state index in [1.807, 2.05) is 37.3 Å². The number of rotatable bonds is 3. The van der Waals surface area contributed by atoms with E-state index < -0.39 is 0 Å². The van der Waals surface area contributed by atoms with Crippen LogP contribution in [0.5, 0.6) is 5.75 Å². The number of aryl methyl sites for hydroxylation is 1. The third kappa shape index (κ3) is 2.45. The molecule has 0 spiro atoms. The largest absolute Gasteiger partial charge is 0.495 e. The molecule has 5 heteroatoms. The van der Waals surface area contributed by atoms with Gasteiger partial charge in [0.2, 0.25) is 0 Å². The van der Waals surface area contributed by atoms with Crippen molar-refractivity contribution in [1.82, 2.24) is 9.38 Å². The van der Waals surface area contributed by atoms with E-state index in [1.54, 1.807) is 30.0 Å². The molecule has 0 saturated heterocycles. The van der Waals surface area contributed by atoms with Crippen LogP contribution < -0.4 is 10.1 Å². The van der Waals surface area contributed by atoms with Crippen LogP contribution in [0.15, 0.2) is 48.8 Å². The van der Waals surface area contributed by atoms with E-state index >= 15 is 0 Å². The third-order valence-electron chi connectivity index (χ3n) is 3.26. The van der Waals surface area contributed by atoms with E-state index in [1.165, 1.54) is 0 Å². The van der Waals surface area contributed by atoms with E-state index in [2.05, 4.69) is 10.3 Å². The molecule has 0 radical (unpaired) electrons. The number of nitrogens with one attached hydrogen (secondary N) is 1. The number of benzene rings is 1. The maximum absolute atomic E-state index is 12.5. The smallest absolute Gasteiger partial charge is 0.272 e. The lowest BCUT2D eigenvalue weighted by atomic mass is 10.2. The molecule has 2 aromatic heterocycles. The van der Waals surface area contributed by atoms with Crippen LogP contribution >= 0.6 is 0 Å². The second-order valence-electron chi connectivity index (χ2n) is 4.72. The Kier molecular flexibility index (Phi) is 3.31. The molecule has 2 heterocycles. The van der Waals surface area contributed by atoms with Crippen molar-refractivity contribution < 1.29 is 9.53 Å². The summed E-state index contributed by atoms with van der Waals surface area (Å²) >= 11 is 0. The maximum Gasteiger partial charge on any atom is 0.272 e. The summed E-state index contributed by atoms with van der Waals surface area (Å²) in [6.45, 7) is 1.96. The first-order valence-corrected chi connectivity index (χ1v) is 6.57. The SMILES string of the molecule is COc1ccc(C)cc1NC(=O)c1cccc2nccn12. The fourth-order valence-electron chi connectivity index (χ4n) is 2.24.